The van der Waals surface area contributed by atoms with Crippen LogP contribution in [0.25, 0.3) is 10.1 Å². The smallest absolute Gasteiger partial charge is 0.335 e. The van der Waals surface area contributed by atoms with Gasteiger partial charge in [-0.1, -0.05) is 17.7 Å². The molecule has 154 valence electrons. The molecule has 2 heterocycles. The second-order valence-electron chi connectivity index (χ2n) is 6.56. The van der Waals surface area contributed by atoms with Gasteiger partial charge in [0.1, 0.15) is 11.5 Å². The fourth-order valence-corrected chi connectivity index (χ4v) is 3.80. The topological polar surface area (TPSA) is 90.3 Å². The molecule has 1 amide bonds. The fraction of sp³-hybridized carbons (Fsp3) is 0.143. The molecule has 0 saturated carbocycles. The predicted molar refractivity (Wildman–Crippen MR) is 118 cm³/mol. The van der Waals surface area contributed by atoms with E-state index in [4.69, 9.17) is 13.2 Å². The number of hydrogen-bond acceptors (Lipinski definition) is 6. The lowest BCUT2D eigenvalue weighted by atomic mass is 10.1. The van der Waals surface area contributed by atoms with Gasteiger partial charge in [-0.05, 0) is 49.6 Å². The Bertz CT molecular complexity index is 1220. The summed E-state index contributed by atoms with van der Waals surface area (Å²) in [7, 11) is 1.81. The average molecular weight is 442 g/mol. The van der Waals surface area contributed by atoms with Crippen LogP contribution in [0.15, 0.2) is 54.7 Å². The van der Waals surface area contributed by atoms with Crippen LogP contribution in [0.4, 0.5) is 5.82 Å². The van der Waals surface area contributed by atoms with Crippen molar-refractivity contribution in [2.45, 2.75) is 13.8 Å². The average Bonchev–Trinajstić information content (AvgIpc) is 3.28. The maximum Gasteiger partial charge on any atom is 0.335 e. The van der Waals surface area contributed by atoms with Gasteiger partial charge >= 0.3 is 11.6 Å². The molecule has 9 heteroatoms. The van der Waals surface area contributed by atoms with Gasteiger partial charge in [-0.15, -0.1) is 11.3 Å². The molecule has 0 atom stereocenters. The quantitative estimate of drug-likeness (QED) is 0.499. The lowest BCUT2D eigenvalue weighted by Gasteiger charge is -2.10. The third-order valence-electron chi connectivity index (χ3n) is 4.17. The summed E-state index contributed by atoms with van der Waals surface area (Å²) < 4.78 is 25.4. The third kappa shape index (κ3) is 5.19. The van der Waals surface area contributed by atoms with E-state index < -0.39 is 11.6 Å². The molecular weight excluding hydrogens is 422 g/mol. The minimum absolute atomic E-state index is 0.215. The molecule has 2 aromatic heterocycles. The number of carbonyl (C=O) groups is 1. The molecule has 0 saturated heterocycles. The van der Waals surface area contributed by atoms with E-state index in [1.165, 1.54) is 10.4 Å². The highest BCUT2D eigenvalue weighted by Crippen LogP contribution is 2.37. The molecule has 7 nitrogen and oxygen atoms in total. The number of aryl methyl sites for hydroxylation is 3. The van der Waals surface area contributed by atoms with Crippen LogP contribution in [0.1, 0.15) is 20.8 Å². The van der Waals surface area contributed by atoms with Gasteiger partial charge in [-0.3, -0.25) is 9.48 Å². The van der Waals surface area contributed by atoms with E-state index in [0.717, 1.165) is 15.8 Å². The standard InChI is InChI=1S/C21H19N3O2S.O2S/c1-13-4-6-17(7-5-13)26-18-12-16(11-15-10-14(2)27-20(15)18)21(25)22-19-8-9-24(3)23-19;1-3-2/h4-12H,1-3H3,(H,22,23,25);. The minimum Gasteiger partial charge on any atom is -0.456 e. The van der Waals surface area contributed by atoms with Crippen molar-refractivity contribution in [2.75, 3.05) is 5.32 Å². The van der Waals surface area contributed by atoms with Gasteiger partial charge in [0, 0.05) is 29.8 Å². The normalized spacial score (nSPS) is 10.2. The van der Waals surface area contributed by atoms with Crippen LogP contribution in [0.2, 0.25) is 0 Å². The number of carbonyl (C=O) groups excluding carboxylic acids is 1. The number of thiophene rings is 1. The Labute approximate surface area is 180 Å². The molecule has 0 spiro atoms. The predicted octanol–water partition coefficient (Wildman–Crippen LogP) is 4.63. The number of nitrogens with one attached hydrogen (secondary N) is 1. The maximum atomic E-state index is 12.7. The van der Waals surface area contributed by atoms with Gasteiger partial charge < -0.3 is 10.1 Å². The molecule has 30 heavy (non-hydrogen) atoms. The van der Waals surface area contributed by atoms with Gasteiger partial charge in [-0.25, -0.2) is 0 Å². The van der Waals surface area contributed by atoms with E-state index in [-0.39, 0.29) is 5.91 Å². The molecule has 0 unspecified atom stereocenters. The first-order valence-corrected chi connectivity index (χ1v) is 10.4. The van der Waals surface area contributed by atoms with Crippen LogP contribution < -0.4 is 10.1 Å². The van der Waals surface area contributed by atoms with E-state index in [1.807, 2.05) is 51.2 Å². The number of rotatable bonds is 4. The summed E-state index contributed by atoms with van der Waals surface area (Å²) in [6, 6.07) is 15.4. The van der Waals surface area contributed by atoms with Crippen molar-refractivity contribution in [1.29, 1.82) is 0 Å². The van der Waals surface area contributed by atoms with Gasteiger partial charge in [-0.2, -0.15) is 13.5 Å². The lowest BCUT2D eigenvalue weighted by molar-refractivity contribution is 0.102. The minimum atomic E-state index is -0.750. The molecular formula is C21H19N3O4S2. The number of fused-ring (bicyclic) bond motifs is 1. The summed E-state index contributed by atoms with van der Waals surface area (Å²) >= 11 is 0.906. The van der Waals surface area contributed by atoms with E-state index >= 15 is 0 Å². The van der Waals surface area contributed by atoms with E-state index in [1.54, 1.807) is 34.3 Å². The number of nitrogens with zero attached hydrogens (tertiary/aromatic N) is 2. The van der Waals surface area contributed by atoms with Crippen molar-refractivity contribution in [1.82, 2.24) is 9.78 Å². The number of aromatic nitrogens is 2. The van der Waals surface area contributed by atoms with Gasteiger partial charge in [0.05, 0.1) is 4.70 Å². The van der Waals surface area contributed by atoms with Crippen molar-refractivity contribution in [3.8, 4) is 11.5 Å². The largest absolute Gasteiger partial charge is 0.456 e. The molecule has 0 bridgehead atoms. The summed E-state index contributed by atoms with van der Waals surface area (Å²) in [5.41, 5.74) is 1.70. The second kappa shape index (κ2) is 9.47. The van der Waals surface area contributed by atoms with Crippen LogP contribution in [-0.2, 0) is 18.6 Å². The Morgan fingerprint density at radius 2 is 1.80 bits per heavy atom. The molecule has 0 fully saturated rings. The lowest BCUT2D eigenvalue weighted by Crippen LogP contribution is -2.12. The maximum absolute atomic E-state index is 12.7. The number of amides is 1. The van der Waals surface area contributed by atoms with E-state index in [2.05, 4.69) is 16.5 Å². The van der Waals surface area contributed by atoms with Crippen molar-refractivity contribution >= 4 is 44.7 Å². The number of anilines is 1. The highest BCUT2D eigenvalue weighted by molar-refractivity contribution is 7.51. The van der Waals surface area contributed by atoms with Gasteiger partial charge in [0.2, 0.25) is 0 Å². The fourth-order valence-electron chi connectivity index (χ4n) is 2.86. The first-order valence-electron chi connectivity index (χ1n) is 8.91. The van der Waals surface area contributed by atoms with Gasteiger partial charge in [0.15, 0.2) is 5.82 Å². The molecule has 4 aromatic rings. The molecule has 0 aliphatic carbocycles. The van der Waals surface area contributed by atoms with E-state index in [0.29, 0.717) is 17.1 Å². The summed E-state index contributed by atoms with van der Waals surface area (Å²) in [6.07, 6.45) is 1.78. The Morgan fingerprint density at radius 1 is 1.10 bits per heavy atom. The molecule has 4 rings (SSSR count). The molecule has 1 N–H and O–H groups in total. The number of hydrogen-bond donors (Lipinski definition) is 1. The molecule has 0 aliphatic rings. The van der Waals surface area contributed by atoms with E-state index in [9.17, 15) is 4.79 Å². The van der Waals surface area contributed by atoms with Crippen LogP contribution in [0, 0.1) is 13.8 Å². The van der Waals surface area contributed by atoms with Crippen LogP contribution in [0.3, 0.4) is 0 Å². The van der Waals surface area contributed by atoms with Crippen LogP contribution in [0.5, 0.6) is 11.5 Å². The van der Waals surface area contributed by atoms with Crippen molar-refractivity contribution in [3.05, 3.63) is 70.7 Å². The first-order chi connectivity index (χ1) is 14.4. The number of ether oxygens (including phenoxy) is 1. The summed E-state index contributed by atoms with van der Waals surface area (Å²) in [5, 5.41) is 8.02. The molecule has 2 aromatic carbocycles. The number of benzene rings is 2. The zero-order valence-corrected chi connectivity index (χ0v) is 18.2. The Kier molecular flexibility index (Phi) is 6.76. The zero-order chi connectivity index (χ0) is 21.7. The van der Waals surface area contributed by atoms with Crippen molar-refractivity contribution in [2.24, 2.45) is 7.05 Å². The summed E-state index contributed by atoms with van der Waals surface area (Å²) in [6.45, 7) is 4.08. The molecule has 0 radical (unpaired) electrons. The van der Waals surface area contributed by atoms with Crippen LogP contribution in [-0.4, -0.2) is 24.1 Å². The SMILES string of the molecule is Cc1ccc(Oc2cc(C(=O)Nc3ccn(C)n3)cc3cc(C)sc23)cc1.O=S=O. The molecule has 0 aliphatic heterocycles. The Morgan fingerprint density at radius 3 is 2.43 bits per heavy atom. The van der Waals surface area contributed by atoms with Gasteiger partial charge in [0.25, 0.3) is 5.91 Å². The third-order valence-corrected chi connectivity index (χ3v) is 5.25. The highest BCUT2D eigenvalue weighted by atomic mass is 32.1. The highest BCUT2D eigenvalue weighted by Gasteiger charge is 2.15. The van der Waals surface area contributed by atoms with Crippen molar-refractivity contribution in [3.63, 3.8) is 0 Å². The Balaban J connectivity index is 0.000000806. The summed E-state index contributed by atoms with van der Waals surface area (Å²) in [5.74, 6) is 1.73. The van der Waals surface area contributed by atoms with Crippen molar-refractivity contribution < 1.29 is 17.9 Å². The summed E-state index contributed by atoms with van der Waals surface area (Å²) in [4.78, 5) is 13.9. The Hall–Kier alpha value is -3.30. The first kappa shape index (κ1) is 21.4. The van der Waals surface area contributed by atoms with Crippen LogP contribution >= 0.6 is 11.3 Å². The zero-order valence-electron chi connectivity index (χ0n) is 16.5. The monoisotopic (exact) mass is 441 g/mol. The second-order valence-corrected chi connectivity index (χ2v) is 7.95.